The lowest BCUT2D eigenvalue weighted by atomic mass is 10.1. The highest BCUT2D eigenvalue weighted by Gasteiger charge is 2.35. The van der Waals surface area contributed by atoms with E-state index in [1.807, 2.05) is 35.2 Å². The van der Waals surface area contributed by atoms with E-state index in [0.717, 1.165) is 31.6 Å². The fourth-order valence-electron chi connectivity index (χ4n) is 3.84. The summed E-state index contributed by atoms with van der Waals surface area (Å²) in [5.41, 5.74) is 1.81. The van der Waals surface area contributed by atoms with E-state index in [0.29, 0.717) is 17.8 Å². The van der Waals surface area contributed by atoms with Crippen molar-refractivity contribution in [2.24, 2.45) is 5.92 Å². The highest BCUT2D eigenvalue weighted by atomic mass is 16.2. The highest BCUT2D eigenvalue weighted by molar-refractivity contribution is 6.07. The molecule has 2 aliphatic rings. The lowest BCUT2D eigenvalue weighted by Gasteiger charge is -2.19. The van der Waals surface area contributed by atoms with Gasteiger partial charge in [-0.15, -0.1) is 0 Å². The third kappa shape index (κ3) is 3.63. The van der Waals surface area contributed by atoms with Crippen molar-refractivity contribution in [3.05, 3.63) is 60.2 Å². The van der Waals surface area contributed by atoms with Crippen LogP contribution in [-0.2, 0) is 9.59 Å². The number of amides is 3. The van der Waals surface area contributed by atoms with Crippen molar-refractivity contribution >= 4 is 29.1 Å². The Labute approximate surface area is 164 Å². The van der Waals surface area contributed by atoms with Gasteiger partial charge in [-0.3, -0.25) is 14.4 Å². The van der Waals surface area contributed by atoms with Crippen molar-refractivity contribution < 1.29 is 14.4 Å². The van der Waals surface area contributed by atoms with Crippen LogP contribution in [-0.4, -0.2) is 42.3 Å². The summed E-state index contributed by atoms with van der Waals surface area (Å²) >= 11 is 0. The second-order valence-electron chi connectivity index (χ2n) is 7.28. The average Bonchev–Trinajstić information content (AvgIpc) is 3.38. The van der Waals surface area contributed by atoms with Crippen LogP contribution in [0.3, 0.4) is 0 Å². The predicted molar refractivity (Wildman–Crippen MR) is 107 cm³/mol. The van der Waals surface area contributed by atoms with Crippen molar-refractivity contribution in [3.63, 3.8) is 0 Å². The summed E-state index contributed by atoms with van der Waals surface area (Å²) in [6.45, 7) is 1.85. The maximum absolute atomic E-state index is 12.8. The van der Waals surface area contributed by atoms with Crippen LogP contribution in [0.15, 0.2) is 54.6 Å². The minimum absolute atomic E-state index is 0.0539. The van der Waals surface area contributed by atoms with Crippen LogP contribution in [0.2, 0.25) is 0 Å². The van der Waals surface area contributed by atoms with Gasteiger partial charge in [-0.25, -0.2) is 0 Å². The number of para-hydroxylation sites is 2. The fourth-order valence-corrected chi connectivity index (χ4v) is 3.84. The molecule has 3 amide bonds. The van der Waals surface area contributed by atoms with Crippen molar-refractivity contribution in [2.75, 3.05) is 29.9 Å². The lowest BCUT2D eigenvalue weighted by Crippen LogP contribution is -2.30. The monoisotopic (exact) mass is 377 g/mol. The average molecular weight is 377 g/mol. The van der Waals surface area contributed by atoms with Gasteiger partial charge in [0.05, 0.1) is 17.2 Å². The van der Waals surface area contributed by atoms with Crippen LogP contribution in [0.25, 0.3) is 0 Å². The van der Waals surface area contributed by atoms with E-state index < -0.39 is 5.92 Å². The molecule has 0 aromatic heterocycles. The molecular weight excluding hydrogens is 354 g/mol. The number of carbonyl (C=O) groups excluding carboxylic acids is 3. The minimum atomic E-state index is -0.442. The van der Waals surface area contributed by atoms with Gasteiger partial charge in [0.15, 0.2) is 0 Å². The molecule has 1 N–H and O–H groups in total. The van der Waals surface area contributed by atoms with Crippen molar-refractivity contribution in [1.29, 1.82) is 0 Å². The number of anilines is 2. The largest absolute Gasteiger partial charge is 0.339 e. The van der Waals surface area contributed by atoms with Crippen molar-refractivity contribution in [1.82, 2.24) is 4.90 Å². The molecule has 2 aliphatic heterocycles. The zero-order chi connectivity index (χ0) is 19.5. The first-order chi connectivity index (χ1) is 13.6. The van der Waals surface area contributed by atoms with Crippen LogP contribution in [0.5, 0.6) is 0 Å². The molecule has 4 rings (SSSR count). The van der Waals surface area contributed by atoms with Crippen LogP contribution < -0.4 is 10.2 Å². The zero-order valence-electron chi connectivity index (χ0n) is 15.6. The first-order valence-corrected chi connectivity index (χ1v) is 9.68. The van der Waals surface area contributed by atoms with Gasteiger partial charge in [0.1, 0.15) is 0 Å². The van der Waals surface area contributed by atoms with Gasteiger partial charge in [-0.2, -0.15) is 0 Å². The number of nitrogens with zero attached hydrogens (tertiary/aromatic N) is 2. The molecule has 1 atom stereocenters. The van der Waals surface area contributed by atoms with E-state index in [4.69, 9.17) is 0 Å². The highest BCUT2D eigenvalue weighted by Crippen LogP contribution is 2.27. The molecule has 0 unspecified atom stereocenters. The van der Waals surface area contributed by atoms with Crippen LogP contribution in [0.1, 0.15) is 29.6 Å². The summed E-state index contributed by atoms with van der Waals surface area (Å²) in [5, 5.41) is 2.88. The maximum atomic E-state index is 12.8. The minimum Gasteiger partial charge on any atom is -0.339 e. The molecule has 0 aliphatic carbocycles. The summed E-state index contributed by atoms with van der Waals surface area (Å²) in [7, 11) is 0. The molecule has 2 fully saturated rings. The Bertz CT molecular complexity index is 891. The van der Waals surface area contributed by atoms with Crippen LogP contribution in [0, 0.1) is 5.92 Å². The number of likely N-dealkylation sites (tertiary alicyclic amines) is 1. The second kappa shape index (κ2) is 7.84. The van der Waals surface area contributed by atoms with Crippen molar-refractivity contribution in [2.45, 2.75) is 19.3 Å². The molecule has 2 heterocycles. The Morgan fingerprint density at radius 2 is 1.61 bits per heavy atom. The molecule has 6 heteroatoms. The number of benzene rings is 2. The van der Waals surface area contributed by atoms with Crippen LogP contribution >= 0.6 is 0 Å². The van der Waals surface area contributed by atoms with Gasteiger partial charge in [-0.05, 0) is 37.1 Å². The van der Waals surface area contributed by atoms with E-state index in [9.17, 15) is 14.4 Å². The van der Waals surface area contributed by atoms with Gasteiger partial charge in [0.2, 0.25) is 11.8 Å². The molecule has 144 valence electrons. The summed E-state index contributed by atoms with van der Waals surface area (Å²) < 4.78 is 0. The lowest BCUT2D eigenvalue weighted by molar-refractivity contribution is -0.122. The van der Waals surface area contributed by atoms with Gasteiger partial charge < -0.3 is 15.1 Å². The zero-order valence-corrected chi connectivity index (χ0v) is 15.6. The molecular formula is C22H23N3O3. The Balaban J connectivity index is 1.47. The molecule has 28 heavy (non-hydrogen) atoms. The molecule has 0 spiro atoms. The summed E-state index contributed by atoms with van der Waals surface area (Å²) in [6, 6.07) is 16.4. The number of nitrogens with one attached hydrogen (secondary N) is 1. The normalized spacial score (nSPS) is 19.1. The molecule has 6 nitrogen and oxygen atoms in total. The second-order valence-corrected chi connectivity index (χ2v) is 7.28. The summed E-state index contributed by atoms with van der Waals surface area (Å²) in [4.78, 5) is 41.4. The Hall–Kier alpha value is -3.15. The van der Waals surface area contributed by atoms with E-state index in [-0.39, 0.29) is 24.1 Å². The smallest absolute Gasteiger partial charge is 0.255 e. The quantitative estimate of drug-likeness (QED) is 0.891. The van der Waals surface area contributed by atoms with Gasteiger partial charge in [-0.1, -0.05) is 30.3 Å². The van der Waals surface area contributed by atoms with Crippen molar-refractivity contribution in [3.8, 4) is 0 Å². The Morgan fingerprint density at radius 1 is 0.929 bits per heavy atom. The molecule has 2 aromatic carbocycles. The van der Waals surface area contributed by atoms with Gasteiger partial charge in [0, 0.05) is 31.7 Å². The topological polar surface area (TPSA) is 69.7 Å². The predicted octanol–water partition coefficient (Wildman–Crippen LogP) is 2.91. The van der Waals surface area contributed by atoms with E-state index >= 15 is 0 Å². The van der Waals surface area contributed by atoms with Gasteiger partial charge in [0.25, 0.3) is 5.91 Å². The maximum Gasteiger partial charge on any atom is 0.255 e. The molecule has 0 saturated carbocycles. The van der Waals surface area contributed by atoms with Crippen LogP contribution in [0.4, 0.5) is 11.4 Å². The fraction of sp³-hybridized carbons (Fsp3) is 0.318. The van der Waals surface area contributed by atoms with E-state index in [1.54, 1.807) is 29.2 Å². The third-order valence-electron chi connectivity index (χ3n) is 5.37. The third-order valence-corrected chi connectivity index (χ3v) is 5.37. The molecule has 2 aromatic rings. The van der Waals surface area contributed by atoms with E-state index in [2.05, 4.69) is 5.32 Å². The number of hydrogen-bond acceptors (Lipinski definition) is 3. The number of carbonyl (C=O) groups is 3. The molecule has 2 saturated heterocycles. The van der Waals surface area contributed by atoms with Gasteiger partial charge >= 0.3 is 0 Å². The number of hydrogen-bond donors (Lipinski definition) is 1. The molecule has 0 radical (unpaired) electrons. The Kier molecular flexibility index (Phi) is 5.10. The number of rotatable bonds is 4. The molecule has 0 bridgehead atoms. The van der Waals surface area contributed by atoms with E-state index in [1.165, 1.54) is 0 Å². The summed E-state index contributed by atoms with van der Waals surface area (Å²) in [6.07, 6.45) is 2.20. The first kappa shape index (κ1) is 18.2. The summed E-state index contributed by atoms with van der Waals surface area (Å²) in [5.74, 6) is -0.786. The SMILES string of the molecule is O=C(Nc1ccccc1C(=O)N1CCCC1)[C@@H]1CC(=O)N(c2ccccc2)C1. The first-order valence-electron chi connectivity index (χ1n) is 9.68. The standard InChI is InChI=1S/C22H23N3O3/c26-20-14-16(15-25(20)17-8-2-1-3-9-17)21(27)23-19-11-5-4-10-18(19)22(28)24-12-6-7-13-24/h1-5,8-11,16H,6-7,12-15H2,(H,23,27)/t16-/m1/s1. The Morgan fingerprint density at radius 3 is 2.36 bits per heavy atom.